The van der Waals surface area contributed by atoms with Gasteiger partial charge in [0.25, 0.3) is 5.56 Å². The molecule has 0 radical (unpaired) electrons. The zero-order valence-electron chi connectivity index (χ0n) is 17.5. The Labute approximate surface area is 189 Å². The third-order valence-corrected chi connectivity index (χ3v) is 6.48. The first kappa shape index (κ1) is 21.6. The van der Waals surface area contributed by atoms with Crippen LogP contribution in [0.1, 0.15) is 23.4 Å². The first-order chi connectivity index (χ1) is 15.8. The molecule has 33 heavy (non-hydrogen) atoms. The number of aromatic nitrogens is 5. The summed E-state index contributed by atoms with van der Waals surface area (Å²) in [5.41, 5.74) is -1.24. The molecule has 1 aliphatic rings. The molecule has 0 aliphatic carbocycles. The van der Waals surface area contributed by atoms with Gasteiger partial charge in [-0.05, 0) is 32.4 Å². The van der Waals surface area contributed by atoms with Crippen molar-refractivity contribution in [3.8, 4) is 16.3 Å². The van der Waals surface area contributed by atoms with Crippen LogP contribution in [-0.4, -0.2) is 43.6 Å². The Bertz CT molecular complexity index is 1370. The lowest BCUT2D eigenvalue weighted by Gasteiger charge is -2.24. The number of anilines is 1. The monoisotopic (exact) mass is 475 g/mol. The number of pyridine rings is 1. The maximum absolute atomic E-state index is 13.8. The van der Waals surface area contributed by atoms with E-state index < -0.39 is 11.7 Å². The van der Waals surface area contributed by atoms with Crippen molar-refractivity contribution in [2.75, 3.05) is 18.4 Å². The average molecular weight is 476 g/mol. The molecule has 4 aromatic rings. The van der Waals surface area contributed by atoms with Gasteiger partial charge >= 0.3 is 6.18 Å². The molecule has 1 fully saturated rings. The molecule has 0 spiro atoms. The predicted octanol–water partition coefficient (Wildman–Crippen LogP) is 3.72. The van der Waals surface area contributed by atoms with E-state index in [4.69, 9.17) is 0 Å². The van der Waals surface area contributed by atoms with Crippen LogP contribution in [0.3, 0.4) is 0 Å². The maximum atomic E-state index is 13.8. The summed E-state index contributed by atoms with van der Waals surface area (Å²) < 4.78 is 42.8. The lowest BCUT2D eigenvalue weighted by atomic mass is 10.1. The fourth-order valence-electron chi connectivity index (χ4n) is 3.97. The number of fused-ring (bicyclic) bond motifs is 1. The van der Waals surface area contributed by atoms with E-state index in [1.54, 1.807) is 12.3 Å². The highest BCUT2D eigenvalue weighted by Crippen LogP contribution is 2.38. The average Bonchev–Trinajstić information content (AvgIpc) is 3.41. The van der Waals surface area contributed by atoms with E-state index in [2.05, 4.69) is 30.6 Å². The van der Waals surface area contributed by atoms with Crippen LogP contribution >= 0.6 is 11.3 Å². The fraction of sp³-hybridized carbons (Fsp3) is 0.333. The van der Waals surface area contributed by atoms with E-state index >= 15 is 0 Å². The molecule has 0 bridgehead atoms. The van der Waals surface area contributed by atoms with Gasteiger partial charge in [0.05, 0.1) is 16.9 Å². The molecule has 0 aromatic carbocycles. The fourth-order valence-corrected chi connectivity index (χ4v) is 4.73. The number of hydrogen-bond acceptors (Lipinski definition) is 7. The molecule has 1 aliphatic heterocycles. The van der Waals surface area contributed by atoms with Gasteiger partial charge in [-0.15, -0.1) is 11.3 Å². The van der Waals surface area contributed by atoms with Gasteiger partial charge in [0, 0.05) is 42.1 Å². The van der Waals surface area contributed by atoms with Gasteiger partial charge in [0.15, 0.2) is 0 Å². The van der Waals surface area contributed by atoms with E-state index in [9.17, 15) is 18.0 Å². The molecule has 1 saturated heterocycles. The summed E-state index contributed by atoms with van der Waals surface area (Å²) in [6.45, 7) is 3.42. The van der Waals surface area contributed by atoms with Crippen LogP contribution in [0.5, 0.6) is 0 Å². The van der Waals surface area contributed by atoms with E-state index in [0.29, 0.717) is 16.9 Å². The number of nitrogens with one attached hydrogen (secondary N) is 3. The topological polar surface area (TPSA) is 101 Å². The number of hydrogen-bond donors (Lipinski definition) is 3. The van der Waals surface area contributed by atoms with Crippen LogP contribution in [0, 0.1) is 6.92 Å². The first-order valence-corrected chi connectivity index (χ1v) is 11.2. The molecular weight excluding hydrogens is 455 g/mol. The third kappa shape index (κ3) is 4.11. The van der Waals surface area contributed by atoms with Crippen molar-refractivity contribution >= 4 is 28.2 Å². The Hall–Kier alpha value is -3.25. The van der Waals surface area contributed by atoms with Crippen molar-refractivity contribution in [1.29, 1.82) is 0 Å². The highest BCUT2D eigenvalue weighted by Gasteiger charge is 2.36. The number of halogens is 3. The van der Waals surface area contributed by atoms with Crippen LogP contribution in [-0.2, 0) is 6.18 Å². The molecular formula is C21H20F3N7OS. The number of piperidine rings is 1. The molecule has 4 aromatic heterocycles. The van der Waals surface area contributed by atoms with Gasteiger partial charge in [-0.25, -0.2) is 15.0 Å². The Morgan fingerprint density at radius 3 is 2.82 bits per heavy atom. The minimum Gasteiger partial charge on any atom is -0.356 e. The Balaban J connectivity index is 1.61. The summed E-state index contributed by atoms with van der Waals surface area (Å²) in [5.74, 6) is 0.120. The summed E-state index contributed by atoms with van der Waals surface area (Å²) in [4.78, 5) is 28.2. The number of aryl methyl sites for hydroxylation is 1. The Morgan fingerprint density at radius 2 is 2.12 bits per heavy atom. The number of thiazole rings is 1. The minimum atomic E-state index is -4.65. The summed E-state index contributed by atoms with van der Waals surface area (Å²) in [6, 6.07) is 1.64. The quantitative estimate of drug-likeness (QED) is 0.416. The summed E-state index contributed by atoms with van der Waals surface area (Å²) >= 11 is 1.35. The van der Waals surface area contributed by atoms with Gasteiger partial charge in [-0.3, -0.25) is 9.36 Å². The van der Waals surface area contributed by atoms with E-state index in [1.165, 1.54) is 28.3 Å². The lowest BCUT2D eigenvalue weighted by molar-refractivity contribution is -0.137. The maximum Gasteiger partial charge on any atom is 0.419 e. The predicted molar refractivity (Wildman–Crippen MR) is 120 cm³/mol. The van der Waals surface area contributed by atoms with Gasteiger partial charge < -0.3 is 15.6 Å². The molecule has 0 saturated carbocycles. The number of rotatable bonds is 4. The van der Waals surface area contributed by atoms with Crippen LogP contribution in [0.2, 0.25) is 0 Å². The van der Waals surface area contributed by atoms with E-state index in [0.717, 1.165) is 30.6 Å². The van der Waals surface area contributed by atoms with Crippen LogP contribution in [0.25, 0.3) is 27.2 Å². The smallest absolute Gasteiger partial charge is 0.356 e. The van der Waals surface area contributed by atoms with Gasteiger partial charge in [-0.2, -0.15) is 13.2 Å². The summed E-state index contributed by atoms with van der Waals surface area (Å²) in [6.07, 6.45) is 2.48. The normalized spacial score (nSPS) is 16.9. The lowest BCUT2D eigenvalue weighted by Crippen LogP contribution is -2.38. The number of H-pyrrole nitrogens is 1. The Kier molecular flexibility index (Phi) is 5.41. The molecule has 5 rings (SSSR count). The standard InChI is InChI=1S/C21H20F3N7OS/c1-11-26-10-16(33-11)31-6-4-13-14(8-27-18(13)19(31)32)17-15(21(22,23)24)9-28-20(30-17)29-12-3-2-5-25-7-12/h4,6,8-10,12,25,27H,2-3,5,7H2,1H3,(H,28,29,30)/t12-/m0/s1. The summed E-state index contributed by atoms with van der Waals surface area (Å²) in [7, 11) is 0. The largest absolute Gasteiger partial charge is 0.419 e. The zero-order valence-corrected chi connectivity index (χ0v) is 18.3. The third-order valence-electron chi connectivity index (χ3n) is 5.57. The number of aromatic amines is 1. The molecule has 0 amide bonds. The number of nitrogens with zero attached hydrogens (tertiary/aromatic N) is 4. The second kappa shape index (κ2) is 8.27. The molecule has 12 heteroatoms. The molecule has 8 nitrogen and oxygen atoms in total. The molecule has 5 heterocycles. The van der Waals surface area contributed by atoms with Crippen LogP contribution in [0.4, 0.5) is 19.1 Å². The van der Waals surface area contributed by atoms with E-state index in [1.807, 2.05) is 6.92 Å². The minimum absolute atomic E-state index is 0.0290. The van der Waals surface area contributed by atoms with Gasteiger partial charge in [-0.1, -0.05) is 0 Å². The van der Waals surface area contributed by atoms with Crippen molar-refractivity contribution < 1.29 is 13.2 Å². The molecule has 172 valence electrons. The SMILES string of the molecule is Cc1ncc(-n2ccc3c(-c4nc(N[C@H]5CCCNC5)ncc4C(F)(F)F)c[nH]c3c2=O)s1. The zero-order chi connectivity index (χ0) is 23.2. The van der Waals surface area contributed by atoms with Crippen molar-refractivity contribution in [3.05, 3.63) is 51.8 Å². The molecule has 1 atom stereocenters. The van der Waals surface area contributed by atoms with Crippen molar-refractivity contribution in [1.82, 2.24) is 29.8 Å². The van der Waals surface area contributed by atoms with Gasteiger partial charge in [0.1, 0.15) is 16.1 Å². The van der Waals surface area contributed by atoms with Crippen molar-refractivity contribution in [2.24, 2.45) is 0 Å². The molecule has 0 unspecified atom stereocenters. The van der Waals surface area contributed by atoms with Crippen LogP contribution < -0.4 is 16.2 Å². The van der Waals surface area contributed by atoms with Crippen molar-refractivity contribution in [2.45, 2.75) is 32.0 Å². The Morgan fingerprint density at radius 1 is 1.27 bits per heavy atom. The molecule has 3 N–H and O–H groups in total. The van der Waals surface area contributed by atoms with Crippen molar-refractivity contribution in [3.63, 3.8) is 0 Å². The van der Waals surface area contributed by atoms with E-state index in [-0.39, 0.29) is 34.3 Å². The first-order valence-electron chi connectivity index (χ1n) is 10.4. The number of alkyl halides is 3. The highest BCUT2D eigenvalue weighted by atomic mass is 32.1. The van der Waals surface area contributed by atoms with Crippen LogP contribution in [0.15, 0.2) is 35.6 Å². The summed E-state index contributed by atoms with van der Waals surface area (Å²) in [5, 5.41) is 8.14. The second-order valence-electron chi connectivity index (χ2n) is 7.84. The second-order valence-corrected chi connectivity index (χ2v) is 9.05. The van der Waals surface area contributed by atoms with Gasteiger partial charge in [0.2, 0.25) is 5.95 Å². The highest BCUT2D eigenvalue weighted by molar-refractivity contribution is 7.14.